The minimum absolute atomic E-state index is 0.269. The predicted octanol–water partition coefficient (Wildman–Crippen LogP) is 3.56. The van der Waals surface area contributed by atoms with Crippen LogP contribution in [0.1, 0.15) is 32.0 Å². The Balaban J connectivity index is 1.86. The number of ether oxygens (including phenoxy) is 1. The van der Waals surface area contributed by atoms with Crippen LogP contribution < -0.4 is 0 Å². The van der Waals surface area contributed by atoms with Crippen LogP contribution >= 0.6 is 0 Å². The van der Waals surface area contributed by atoms with E-state index in [-0.39, 0.29) is 11.9 Å². The van der Waals surface area contributed by atoms with Crippen molar-refractivity contribution in [2.75, 3.05) is 0 Å². The highest BCUT2D eigenvalue weighted by Gasteiger charge is 2.30. The maximum absolute atomic E-state index is 13.3. The lowest BCUT2D eigenvalue weighted by Crippen LogP contribution is -2.33. The molecule has 0 unspecified atom stereocenters. The normalized spacial score (nSPS) is 14.7. The van der Waals surface area contributed by atoms with Crippen molar-refractivity contribution in [1.82, 2.24) is 9.88 Å². The maximum atomic E-state index is 13.3. The summed E-state index contributed by atoms with van der Waals surface area (Å²) in [5.41, 5.74) is 2.32. The number of nitrogens with one attached hydrogen (secondary N) is 1. The molecule has 20 heavy (non-hydrogen) atoms. The highest BCUT2D eigenvalue weighted by Crippen LogP contribution is 2.31. The van der Waals surface area contributed by atoms with Crippen LogP contribution in [0, 0.1) is 5.82 Å². The van der Waals surface area contributed by atoms with Crippen LogP contribution in [-0.4, -0.2) is 21.6 Å². The summed E-state index contributed by atoms with van der Waals surface area (Å²) < 4.78 is 18.7. The number of H-pyrrole nitrogens is 1. The van der Waals surface area contributed by atoms with Crippen molar-refractivity contribution in [1.29, 1.82) is 0 Å². The molecule has 1 aliphatic heterocycles. The van der Waals surface area contributed by atoms with Gasteiger partial charge < -0.3 is 9.72 Å². The molecule has 2 heterocycles. The fraction of sp³-hybridized carbons (Fsp3) is 0.400. The molecule has 2 aromatic rings. The topological polar surface area (TPSA) is 45.3 Å². The standard InChI is InChI=1S/C15H17FN2O2/c1-15(2,3)20-14(19)18-7-11-10-6-9(16)4-5-12(10)17-13(11)8-18/h4-6,17H,7-8H2,1-3H3. The molecule has 0 spiro atoms. The predicted molar refractivity (Wildman–Crippen MR) is 73.7 cm³/mol. The summed E-state index contributed by atoms with van der Waals surface area (Å²) in [7, 11) is 0. The van der Waals surface area contributed by atoms with Gasteiger partial charge in [0.05, 0.1) is 13.1 Å². The number of halogens is 1. The number of aromatic amines is 1. The Morgan fingerprint density at radius 1 is 1.35 bits per heavy atom. The molecule has 0 bridgehead atoms. The number of aromatic nitrogens is 1. The number of hydrogen-bond donors (Lipinski definition) is 1. The number of amides is 1. The highest BCUT2D eigenvalue weighted by molar-refractivity contribution is 5.86. The van der Waals surface area contributed by atoms with Gasteiger partial charge in [0.2, 0.25) is 0 Å². The molecule has 0 saturated heterocycles. The van der Waals surface area contributed by atoms with Gasteiger partial charge in [-0.3, -0.25) is 4.90 Å². The van der Waals surface area contributed by atoms with Crippen molar-refractivity contribution in [3.63, 3.8) is 0 Å². The number of benzene rings is 1. The van der Waals surface area contributed by atoms with Gasteiger partial charge in [-0.25, -0.2) is 9.18 Å². The molecule has 1 aromatic heterocycles. The van der Waals surface area contributed by atoms with Gasteiger partial charge in [-0.15, -0.1) is 0 Å². The zero-order valence-corrected chi connectivity index (χ0v) is 11.8. The lowest BCUT2D eigenvalue weighted by molar-refractivity contribution is 0.0241. The van der Waals surface area contributed by atoms with Crippen molar-refractivity contribution < 1.29 is 13.9 Å². The van der Waals surface area contributed by atoms with E-state index < -0.39 is 5.60 Å². The molecule has 0 fully saturated rings. The van der Waals surface area contributed by atoms with E-state index in [1.807, 2.05) is 20.8 Å². The number of rotatable bonds is 0. The Hall–Kier alpha value is -2.04. The number of carbonyl (C=O) groups is 1. The second-order valence-corrected chi connectivity index (χ2v) is 6.11. The smallest absolute Gasteiger partial charge is 0.410 e. The van der Waals surface area contributed by atoms with Crippen LogP contribution in [-0.2, 0) is 17.8 Å². The summed E-state index contributed by atoms with van der Waals surface area (Å²) in [6.07, 6.45) is -0.341. The van der Waals surface area contributed by atoms with E-state index in [0.717, 1.165) is 22.2 Å². The highest BCUT2D eigenvalue weighted by atomic mass is 19.1. The lowest BCUT2D eigenvalue weighted by Gasteiger charge is -2.24. The lowest BCUT2D eigenvalue weighted by atomic mass is 10.1. The van der Waals surface area contributed by atoms with E-state index in [1.54, 1.807) is 11.0 Å². The summed E-state index contributed by atoms with van der Waals surface area (Å²) >= 11 is 0. The molecule has 0 aliphatic carbocycles. The summed E-state index contributed by atoms with van der Waals surface area (Å²) in [6.45, 7) is 6.44. The molecule has 4 nitrogen and oxygen atoms in total. The first kappa shape index (κ1) is 13.0. The molecular formula is C15H17FN2O2. The zero-order valence-electron chi connectivity index (χ0n) is 11.8. The third-order valence-electron chi connectivity index (χ3n) is 3.31. The van der Waals surface area contributed by atoms with Crippen molar-refractivity contribution in [3.8, 4) is 0 Å². The molecule has 1 amide bonds. The average Bonchev–Trinajstić information content (AvgIpc) is 2.84. The number of nitrogens with zero attached hydrogens (tertiary/aromatic N) is 1. The molecule has 1 aromatic carbocycles. The minimum Gasteiger partial charge on any atom is -0.444 e. The Labute approximate surface area is 116 Å². The Bertz CT molecular complexity index is 685. The summed E-state index contributed by atoms with van der Waals surface area (Å²) in [4.78, 5) is 16.9. The van der Waals surface area contributed by atoms with Gasteiger partial charge in [0, 0.05) is 22.2 Å². The second-order valence-electron chi connectivity index (χ2n) is 6.11. The van der Waals surface area contributed by atoms with Crippen LogP contribution in [0.2, 0.25) is 0 Å². The van der Waals surface area contributed by atoms with Gasteiger partial charge in [0.15, 0.2) is 0 Å². The van der Waals surface area contributed by atoms with Crippen LogP contribution in [0.4, 0.5) is 9.18 Å². The van der Waals surface area contributed by atoms with Crippen LogP contribution in [0.5, 0.6) is 0 Å². The van der Waals surface area contributed by atoms with E-state index in [1.165, 1.54) is 12.1 Å². The van der Waals surface area contributed by atoms with E-state index in [2.05, 4.69) is 4.98 Å². The van der Waals surface area contributed by atoms with E-state index in [0.29, 0.717) is 13.1 Å². The molecule has 3 rings (SSSR count). The summed E-state index contributed by atoms with van der Waals surface area (Å²) in [5.74, 6) is -0.269. The van der Waals surface area contributed by atoms with Crippen molar-refractivity contribution in [2.24, 2.45) is 0 Å². The van der Waals surface area contributed by atoms with Crippen molar-refractivity contribution >= 4 is 17.0 Å². The minimum atomic E-state index is -0.512. The van der Waals surface area contributed by atoms with Gasteiger partial charge in [0.1, 0.15) is 11.4 Å². The second kappa shape index (κ2) is 4.23. The molecule has 0 saturated carbocycles. The van der Waals surface area contributed by atoms with E-state index in [9.17, 15) is 9.18 Å². The first-order valence-corrected chi connectivity index (χ1v) is 6.60. The van der Waals surface area contributed by atoms with Gasteiger partial charge in [-0.05, 0) is 39.0 Å². The van der Waals surface area contributed by atoms with E-state index in [4.69, 9.17) is 4.74 Å². The van der Waals surface area contributed by atoms with Gasteiger partial charge in [-0.2, -0.15) is 0 Å². The maximum Gasteiger partial charge on any atom is 0.410 e. The van der Waals surface area contributed by atoms with Crippen LogP contribution in [0.15, 0.2) is 18.2 Å². The number of carbonyl (C=O) groups excluding carboxylic acids is 1. The first-order valence-electron chi connectivity index (χ1n) is 6.60. The Morgan fingerprint density at radius 2 is 2.10 bits per heavy atom. The first-order chi connectivity index (χ1) is 9.33. The summed E-state index contributed by atoms with van der Waals surface area (Å²) in [6, 6.07) is 4.66. The summed E-state index contributed by atoms with van der Waals surface area (Å²) in [5, 5.41) is 0.839. The molecule has 1 aliphatic rings. The average molecular weight is 276 g/mol. The van der Waals surface area contributed by atoms with Crippen molar-refractivity contribution in [3.05, 3.63) is 35.3 Å². The molecule has 106 valence electrons. The third-order valence-corrected chi connectivity index (χ3v) is 3.31. The molecular weight excluding hydrogens is 259 g/mol. The van der Waals surface area contributed by atoms with Gasteiger partial charge in [0.25, 0.3) is 0 Å². The number of hydrogen-bond acceptors (Lipinski definition) is 2. The van der Waals surface area contributed by atoms with Gasteiger partial charge >= 0.3 is 6.09 Å². The molecule has 0 radical (unpaired) electrons. The molecule has 1 N–H and O–H groups in total. The SMILES string of the molecule is CC(C)(C)OC(=O)N1Cc2[nH]c3ccc(F)cc3c2C1. The van der Waals surface area contributed by atoms with Crippen LogP contribution in [0.3, 0.4) is 0 Å². The third kappa shape index (κ3) is 2.24. The Kier molecular flexibility index (Phi) is 2.74. The molecule has 0 atom stereocenters. The monoisotopic (exact) mass is 276 g/mol. The van der Waals surface area contributed by atoms with E-state index >= 15 is 0 Å². The van der Waals surface area contributed by atoms with Gasteiger partial charge in [-0.1, -0.05) is 0 Å². The quantitative estimate of drug-likeness (QED) is 0.799. The zero-order chi connectivity index (χ0) is 14.5. The van der Waals surface area contributed by atoms with Crippen molar-refractivity contribution in [2.45, 2.75) is 39.5 Å². The Morgan fingerprint density at radius 3 is 2.80 bits per heavy atom. The number of fused-ring (bicyclic) bond motifs is 3. The largest absolute Gasteiger partial charge is 0.444 e. The fourth-order valence-electron chi connectivity index (χ4n) is 2.48. The molecule has 5 heteroatoms. The fourth-order valence-corrected chi connectivity index (χ4v) is 2.48. The van der Waals surface area contributed by atoms with Crippen LogP contribution in [0.25, 0.3) is 10.9 Å².